The minimum Gasteiger partial charge on any atom is -0.480 e. The van der Waals surface area contributed by atoms with Crippen molar-refractivity contribution in [3.05, 3.63) is 11.8 Å². The lowest BCUT2D eigenvalue weighted by atomic mass is 9.98. The summed E-state index contributed by atoms with van der Waals surface area (Å²) >= 11 is 0. The quantitative estimate of drug-likeness (QED) is 0.597. The number of nitrogens with one attached hydrogen (secondary N) is 1. The van der Waals surface area contributed by atoms with Crippen LogP contribution in [0.4, 0.5) is 0 Å². The Morgan fingerprint density at radius 2 is 1.86 bits per heavy atom. The highest BCUT2D eigenvalue weighted by atomic mass is 16.4. The number of hydrogen-bond acceptors (Lipinski definition) is 4. The number of aliphatic carboxylic acids is 1. The third-order valence-electron chi connectivity index (χ3n) is 4.12. The van der Waals surface area contributed by atoms with E-state index in [0.29, 0.717) is 0 Å². The van der Waals surface area contributed by atoms with Crippen LogP contribution in [-0.2, 0) is 9.59 Å². The summed E-state index contributed by atoms with van der Waals surface area (Å²) in [4.78, 5) is 25.4. The number of amides is 1. The van der Waals surface area contributed by atoms with Gasteiger partial charge in [-0.1, -0.05) is 13.8 Å². The number of piperidine rings is 1. The van der Waals surface area contributed by atoms with Gasteiger partial charge in [0.15, 0.2) is 0 Å². The second kappa shape index (κ2) is 7.83. The molecule has 3 atom stereocenters. The molecule has 1 fully saturated rings. The van der Waals surface area contributed by atoms with Crippen LogP contribution in [0.3, 0.4) is 0 Å². The lowest BCUT2D eigenvalue weighted by Gasteiger charge is -2.38. The number of nitriles is 1. The minimum atomic E-state index is -1.10. The smallest absolute Gasteiger partial charge is 0.326 e. The fourth-order valence-corrected chi connectivity index (χ4v) is 2.72. The summed E-state index contributed by atoms with van der Waals surface area (Å²) in [5.74, 6) is -1.98. The van der Waals surface area contributed by atoms with Crippen molar-refractivity contribution in [2.24, 2.45) is 5.92 Å². The van der Waals surface area contributed by atoms with Crippen LogP contribution in [0.5, 0.6) is 0 Å². The standard InChI is InChI=1S/C16H25N3O3/c1-10(2)14(16(21)22)18-15(20)13(8-17)9-19-11(3)6-5-7-12(19)4/h9-12,14H,5-7H2,1-4H3,(H,18,20)(H,21,22)/b13-9-. The van der Waals surface area contributed by atoms with Crippen molar-refractivity contribution in [2.75, 3.05) is 0 Å². The zero-order chi connectivity index (χ0) is 16.9. The van der Waals surface area contributed by atoms with Gasteiger partial charge in [0, 0.05) is 18.3 Å². The summed E-state index contributed by atoms with van der Waals surface area (Å²) in [7, 11) is 0. The summed E-state index contributed by atoms with van der Waals surface area (Å²) < 4.78 is 0. The summed E-state index contributed by atoms with van der Waals surface area (Å²) in [6.45, 7) is 7.55. The average molecular weight is 307 g/mol. The molecular formula is C16H25N3O3. The first-order valence-corrected chi connectivity index (χ1v) is 7.71. The van der Waals surface area contributed by atoms with Crippen LogP contribution in [0.15, 0.2) is 11.8 Å². The van der Waals surface area contributed by atoms with E-state index in [4.69, 9.17) is 5.11 Å². The van der Waals surface area contributed by atoms with E-state index in [0.717, 1.165) is 19.3 Å². The molecule has 1 aliphatic rings. The fraction of sp³-hybridized carbons (Fsp3) is 0.688. The molecule has 2 N–H and O–H groups in total. The molecule has 0 aliphatic carbocycles. The predicted octanol–water partition coefficient (Wildman–Crippen LogP) is 1.88. The first kappa shape index (κ1) is 18.0. The Morgan fingerprint density at radius 3 is 2.27 bits per heavy atom. The van der Waals surface area contributed by atoms with Crippen molar-refractivity contribution < 1.29 is 14.7 Å². The first-order valence-electron chi connectivity index (χ1n) is 7.71. The number of hydrogen-bond donors (Lipinski definition) is 2. The van der Waals surface area contributed by atoms with Gasteiger partial charge in [0.2, 0.25) is 0 Å². The molecule has 6 nitrogen and oxygen atoms in total. The molecule has 0 aromatic carbocycles. The van der Waals surface area contributed by atoms with Crippen molar-refractivity contribution in [2.45, 2.75) is 65.1 Å². The Labute approximate surface area is 131 Å². The Bertz CT molecular complexity index is 483. The van der Waals surface area contributed by atoms with Gasteiger partial charge in [-0.2, -0.15) is 5.26 Å². The van der Waals surface area contributed by atoms with Gasteiger partial charge in [-0.3, -0.25) is 4.79 Å². The molecule has 0 radical (unpaired) electrons. The van der Waals surface area contributed by atoms with Crippen LogP contribution in [-0.4, -0.2) is 40.0 Å². The van der Waals surface area contributed by atoms with Gasteiger partial charge >= 0.3 is 5.97 Å². The van der Waals surface area contributed by atoms with Crippen molar-refractivity contribution in [1.82, 2.24) is 10.2 Å². The molecular weight excluding hydrogens is 282 g/mol. The number of rotatable bonds is 5. The molecule has 122 valence electrons. The van der Waals surface area contributed by atoms with Gasteiger partial charge in [0.1, 0.15) is 17.7 Å². The minimum absolute atomic E-state index is 0.0486. The zero-order valence-electron chi connectivity index (χ0n) is 13.7. The third-order valence-corrected chi connectivity index (χ3v) is 4.12. The van der Waals surface area contributed by atoms with Gasteiger partial charge in [-0.15, -0.1) is 0 Å². The molecule has 0 aromatic heterocycles. The Balaban J connectivity index is 2.90. The summed E-state index contributed by atoms with van der Waals surface area (Å²) in [6.07, 6.45) is 4.74. The molecule has 22 heavy (non-hydrogen) atoms. The lowest BCUT2D eigenvalue weighted by Crippen LogP contribution is -2.45. The van der Waals surface area contributed by atoms with Crippen molar-refractivity contribution in [1.29, 1.82) is 5.26 Å². The summed E-state index contributed by atoms with van der Waals surface area (Å²) in [5.41, 5.74) is -0.0486. The normalized spacial score (nSPS) is 23.8. The van der Waals surface area contributed by atoms with Crippen molar-refractivity contribution >= 4 is 11.9 Å². The molecule has 0 bridgehead atoms. The Kier molecular flexibility index (Phi) is 6.41. The highest BCUT2D eigenvalue weighted by Gasteiger charge is 2.27. The van der Waals surface area contributed by atoms with E-state index in [9.17, 15) is 14.9 Å². The highest BCUT2D eigenvalue weighted by Crippen LogP contribution is 2.23. The van der Waals surface area contributed by atoms with Crippen LogP contribution in [0.25, 0.3) is 0 Å². The van der Waals surface area contributed by atoms with Crippen LogP contribution in [0.2, 0.25) is 0 Å². The van der Waals surface area contributed by atoms with Crippen LogP contribution in [0.1, 0.15) is 47.0 Å². The maximum atomic E-state index is 12.2. The first-order chi connectivity index (χ1) is 10.3. The van der Waals surface area contributed by atoms with Crippen molar-refractivity contribution in [3.8, 4) is 6.07 Å². The van der Waals surface area contributed by atoms with Gasteiger partial charge < -0.3 is 15.3 Å². The monoisotopic (exact) mass is 307 g/mol. The van der Waals surface area contributed by atoms with E-state index in [1.54, 1.807) is 20.0 Å². The average Bonchev–Trinajstić information content (AvgIpc) is 2.43. The van der Waals surface area contributed by atoms with Crippen LogP contribution >= 0.6 is 0 Å². The van der Waals surface area contributed by atoms with Crippen molar-refractivity contribution in [3.63, 3.8) is 0 Å². The SMILES string of the molecule is CC(C)C(NC(=O)/C(C#N)=C\N1C(C)CCCC1C)C(=O)O. The molecule has 6 heteroatoms. The molecule has 1 saturated heterocycles. The van der Waals surface area contributed by atoms with Crippen LogP contribution < -0.4 is 5.32 Å². The maximum absolute atomic E-state index is 12.2. The molecule has 0 saturated carbocycles. The molecule has 1 amide bonds. The number of nitrogens with zero attached hydrogens (tertiary/aromatic N) is 2. The zero-order valence-corrected chi connectivity index (χ0v) is 13.7. The summed E-state index contributed by atoms with van der Waals surface area (Å²) in [6, 6.07) is 1.42. The van der Waals surface area contributed by atoms with E-state index >= 15 is 0 Å². The molecule has 1 rings (SSSR count). The number of carbonyl (C=O) groups excluding carboxylic acids is 1. The fourth-order valence-electron chi connectivity index (χ4n) is 2.72. The van der Waals surface area contributed by atoms with Gasteiger partial charge in [0.25, 0.3) is 5.91 Å². The maximum Gasteiger partial charge on any atom is 0.326 e. The molecule has 0 spiro atoms. The second-order valence-corrected chi connectivity index (χ2v) is 6.26. The molecule has 3 unspecified atom stereocenters. The topological polar surface area (TPSA) is 93.4 Å². The molecule has 1 heterocycles. The van der Waals surface area contributed by atoms with Gasteiger partial charge in [-0.25, -0.2) is 4.79 Å². The second-order valence-electron chi connectivity index (χ2n) is 6.26. The van der Waals surface area contributed by atoms with E-state index < -0.39 is 17.9 Å². The van der Waals surface area contributed by atoms with Crippen LogP contribution in [0, 0.1) is 17.2 Å². The number of carboxylic acid groups (broad SMARTS) is 1. The molecule has 0 aromatic rings. The molecule has 1 aliphatic heterocycles. The predicted molar refractivity (Wildman–Crippen MR) is 82.7 cm³/mol. The third kappa shape index (κ3) is 4.48. The number of carbonyl (C=O) groups is 2. The number of carboxylic acids is 1. The largest absolute Gasteiger partial charge is 0.480 e. The van der Waals surface area contributed by atoms with E-state index in [-0.39, 0.29) is 23.6 Å². The lowest BCUT2D eigenvalue weighted by molar-refractivity contribution is -0.142. The van der Waals surface area contributed by atoms with E-state index in [1.807, 2.05) is 11.0 Å². The highest BCUT2D eigenvalue weighted by molar-refractivity contribution is 5.99. The van der Waals surface area contributed by atoms with Gasteiger partial charge in [0.05, 0.1) is 0 Å². The van der Waals surface area contributed by atoms with E-state index in [2.05, 4.69) is 19.2 Å². The Morgan fingerprint density at radius 1 is 1.32 bits per heavy atom. The van der Waals surface area contributed by atoms with Gasteiger partial charge in [-0.05, 0) is 39.0 Å². The summed E-state index contributed by atoms with van der Waals surface area (Å²) in [5, 5.41) is 20.8. The Hall–Kier alpha value is -2.03. The van der Waals surface area contributed by atoms with E-state index in [1.165, 1.54) is 0 Å². The number of likely N-dealkylation sites (tertiary alicyclic amines) is 1.